The number of phenolic OH excluding ortho intramolecular Hbond substituents is 3. The second kappa shape index (κ2) is 9.84. The number of hydrogen-bond acceptors (Lipinski definition) is 11. The molecule has 3 aromatic rings. The Bertz CT molecular complexity index is 1390. The molecule has 0 saturated carbocycles. The molecule has 0 amide bonds. The Kier molecular flexibility index (Phi) is 6.55. The van der Waals surface area contributed by atoms with E-state index in [1.165, 1.54) is 31.4 Å². The number of aliphatic hydroxyl groups excluding tert-OH is 2. The van der Waals surface area contributed by atoms with Crippen LogP contribution in [-0.2, 0) is 0 Å². The molecular weight excluding hydrogens is 500 g/mol. The molecule has 3 aromatic carbocycles. The van der Waals surface area contributed by atoms with Crippen LogP contribution in [0.5, 0.6) is 46.0 Å². The zero-order chi connectivity index (χ0) is 27.1. The molecular formula is C27H26O11. The summed E-state index contributed by atoms with van der Waals surface area (Å²) < 4.78 is 29.1. The number of carbonyl (C=O) groups is 1. The number of phenols is 3. The van der Waals surface area contributed by atoms with Gasteiger partial charge in [0.1, 0.15) is 22.8 Å². The van der Waals surface area contributed by atoms with E-state index in [1.54, 1.807) is 19.1 Å². The average Bonchev–Trinajstić information content (AvgIpc) is 2.90. The Hall–Kier alpha value is -4.35. The summed E-state index contributed by atoms with van der Waals surface area (Å²) in [6, 6.07) is 9.81. The lowest BCUT2D eigenvalue weighted by Gasteiger charge is -2.36. The number of methoxy groups -OCH3 is 1. The van der Waals surface area contributed by atoms with Gasteiger partial charge in [0.15, 0.2) is 47.4 Å². The number of Topliss-reactive ketones (excluding diaryl/α,β-unsaturated/α-hetero) is 1. The van der Waals surface area contributed by atoms with Crippen LogP contribution in [0.4, 0.5) is 0 Å². The molecule has 0 bridgehead atoms. The Labute approximate surface area is 217 Å². The number of rotatable bonds is 6. The van der Waals surface area contributed by atoms with Gasteiger partial charge in [0, 0.05) is 23.3 Å². The predicted octanol–water partition coefficient (Wildman–Crippen LogP) is 2.76. The highest BCUT2D eigenvalue weighted by atomic mass is 16.6. The van der Waals surface area contributed by atoms with Crippen molar-refractivity contribution >= 4 is 5.78 Å². The van der Waals surface area contributed by atoms with Crippen molar-refractivity contribution in [2.75, 3.05) is 20.3 Å². The molecule has 4 atom stereocenters. The molecule has 11 heteroatoms. The number of benzene rings is 3. The monoisotopic (exact) mass is 526 g/mol. The molecule has 4 unspecified atom stereocenters. The van der Waals surface area contributed by atoms with Crippen LogP contribution in [0.2, 0.25) is 0 Å². The smallest absolute Gasteiger partial charge is 0.204 e. The maximum Gasteiger partial charge on any atom is 0.204 e. The van der Waals surface area contributed by atoms with Crippen molar-refractivity contribution in [3.05, 3.63) is 59.2 Å². The Morgan fingerprint density at radius 1 is 0.868 bits per heavy atom. The molecule has 2 heterocycles. The van der Waals surface area contributed by atoms with E-state index < -0.39 is 42.6 Å². The van der Waals surface area contributed by atoms with Crippen LogP contribution in [0, 0.1) is 0 Å². The van der Waals surface area contributed by atoms with Crippen molar-refractivity contribution in [3.8, 4) is 46.0 Å². The first-order chi connectivity index (χ1) is 18.2. The van der Waals surface area contributed by atoms with Crippen LogP contribution in [0.3, 0.4) is 0 Å². The minimum absolute atomic E-state index is 0.0692. The summed E-state index contributed by atoms with van der Waals surface area (Å²) in [4.78, 5) is 12.9. The minimum atomic E-state index is -1.68. The van der Waals surface area contributed by atoms with Crippen molar-refractivity contribution in [3.63, 3.8) is 0 Å². The number of aliphatic hydroxyl groups is 2. The zero-order valence-corrected chi connectivity index (χ0v) is 20.5. The van der Waals surface area contributed by atoms with E-state index in [0.29, 0.717) is 11.1 Å². The van der Waals surface area contributed by atoms with E-state index in [1.807, 2.05) is 0 Å². The normalized spacial score (nSPS) is 21.8. The Balaban J connectivity index is 1.57. The van der Waals surface area contributed by atoms with Crippen molar-refractivity contribution in [2.24, 2.45) is 0 Å². The number of carbonyl (C=O) groups excluding carboxylic acids is 1. The molecule has 0 aliphatic carbocycles. The predicted molar refractivity (Wildman–Crippen MR) is 131 cm³/mol. The SMILES string of the molecule is CCOc1cc(C2Oc3cc(O)cc(O)c3C(=O)C2O)cc2c1OC(CO)C(c1ccc(O)c(OC)c1)O2. The van der Waals surface area contributed by atoms with E-state index in [4.69, 9.17) is 23.7 Å². The Morgan fingerprint density at radius 3 is 2.32 bits per heavy atom. The molecule has 0 radical (unpaired) electrons. The highest BCUT2D eigenvalue weighted by Gasteiger charge is 2.41. The van der Waals surface area contributed by atoms with Gasteiger partial charge in [-0.1, -0.05) is 6.07 Å². The van der Waals surface area contributed by atoms with E-state index in [-0.39, 0.29) is 52.4 Å². The third-order valence-corrected chi connectivity index (χ3v) is 6.37. The summed E-state index contributed by atoms with van der Waals surface area (Å²) >= 11 is 0. The third kappa shape index (κ3) is 4.25. The fourth-order valence-corrected chi connectivity index (χ4v) is 4.60. The molecule has 0 spiro atoms. The lowest BCUT2D eigenvalue weighted by Crippen LogP contribution is -2.37. The summed E-state index contributed by atoms with van der Waals surface area (Å²) in [5.41, 5.74) is 0.618. The quantitative estimate of drug-likeness (QED) is 0.321. The fourth-order valence-electron chi connectivity index (χ4n) is 4.60. The van der Waals surface area contributed by atoms with Crippen molar-refractivity contribution in [1.29, 1.82) is 0 Å². The maximum atomic E-state index is 12.9. The topological polar surface area (TPSA) is 164 Å². The number of fused-ring (bicyclic) bond motifs is 2. The van der Waals surface area contributed by atoms with E-state index in [0.717, 1.165) is 6.07 Å². The van der Waals surface area contributed by atoms with Gasteiger partial charge in [-0.2, -0.15) is 0 Å². The van der Waals surface area contributed by atoms with Crippen LogP contribution in [0.15, 0.2) is 42.5 Å². The highest BCUT2D eigenvalue weighted by molar-refractivity contribution is 6.05. The third-order valence-electron chi connectivity index (χ3n) is 6.37. The Morgan fingerprint density at radius 2 is 1.61 bits per heavy atom. The summed E-state index contributed by atoms with van der Waals surface area (Å²) in [5.74, 6) is -0.927. The summed E-state index contributed by atoms with van der Waals surface area (Å²) in [7, 11) is 1.41. The van der Waals surface area contributed by atoms with Gasteiger partial charge in [-0.25, -0.2) is 0 Å². The number of aromatic hydroxyl groups is 3. The second-order valence-corrected chi connectivity index (χ2v) is 8.77. The lowest BCUT2D eigenvalue weighted by atomic mass is 9.92. The number of ketones is 1. The lowest BCUT2D eigenvalue weighted by molar-refractivity contribution is -0.0152. The van der Waals surface area contributed by atoms with Crippen molar-refractivity contribution in [1.82, 2.24) is 0 Å². The van der Waals surface area contributed by atoms with Crippen molar-refractivity contribution < 1.29 is 54.0 Å². The first kappa shape index (κ1) is 25.3. The molecule has 0 fully saturated rings. The number of hydrogen-bond donors (Lipinski definition) is 5. The van der Waals surface area contributed by atoms with Gasteiger partial charge in [0.2, 0.25) is 11.5 Å². The van der Waals surface area contributed by atoms with Crippen LogP contribution < -0.4 is 23.7 Å². The van der Waals surface area contributed by atoms with Crippen LogP contribution >= 0.6 is 0 Å². The average molecular weight is 526 g/mol. The summed E-state index contributed by atoms with van der Waals surface area (Å²) in [6.07, 6.45) is -4.57. The second-order valence-electron chi connectivity index (χ2n) is 8.77. The van der Waals surface area contributed by atoms with Gasteiger partial charge in [-0.15, -0.1) is 0 Å². The first-order valence-electron chi connectivity index (χ1n) is 11.8. The van der Waals surface area contributed by atoms with Gasteiger partial charge in [-0.05, 0) is 31.2 Å². The van der Waals surface area contributed by atoms with Gasteiger partial charge in [0.05, 0.1) is 20.3 Å². The molecule has 2 aliphatic heterocycles. The standard InChI is InChI=1S/C27H26O11/c1-3-35-19-7-13(26-24(33)23(32)22-16(31)9-14(29)10-18(22)36-26)8-20-27(19)38-21(11-28)25(37-20)12-4-5-15(30)17(6-12)34-2/h4-10,21,24-26,28-31,33H,3,11H2,1-2H3. The molecule has 11 nitrogen and oxygen atoms in total. The highest BCUT2D eigenvalue weighted by Crippen LogP contribution is 2.50. The number of ether oxygens (including phenoxy) is 5. The molecule has 0 saturated heterocycles. The van der Waals surface area contributed by atoms with Gasteiger partial charge < -0.3 is 49.2 Å². The van der Waals surface area contributed by atoms with E-state index in [2.05, 4.69) is 0 Å². The first-order valence-corrected chi connectivity index (χ1v) is 11.8. The molecule has 5 rings (SSSR count). The van der Waals surface area contributed by atoms with Gasteiger partial charge in [0.25, 0.3) is 0 Å². The van der Waals surface area contributed by atoms with Crippen LogP contribution in [-0.4, -0.2) is 63.8 Å². The summed E-state index contributed by atoms with van der Waals surface area (Å²) in [5, 5.41) is 50.8. The van der Waals surface area contributed by atoms with Gasteiger partial charge in [-0.3, -0.25) is 4.79 Å². The van der Waals surface area contributed by atoms with E-state index >= 15 is 0 Å². The molecule has 0 aromatic heterocycles. The fraction of sp³-hybridized carbons (Fsp3) is 0.296. The largest absolute Gasteiger partial charge is 0.508 e. The van der Waals surface area contributed by atoms with E-state index in [9.17, 15) is 30.3 Å². The molecule has 2 aliphatic rings. The zero-order valence-electron chi connectivity index (χ0n) is 20.5. The molecule has 38 heavy (non-hydrogen) atoms. The summed E-state index contributed by atoms with van der Waals surface area (Å²) in [6.45, 7) is 1.61. The minimum Gasteiger partial charge on any atom is -0.508 e. The van der Waals surface area contributed by atoms with Crippen molar-refractivity contribution in [2.45, 2.75) is 31.3 Å². The van der Waals surface area contributed by atoms with Crippen LogP contribution in [0.1, 0.15) is 40.6 Å². The van der Waals surface area contributed by atoms with Crippen LogP contribution in [0.25, 0.3) is 0 Å². The molecule has 5 N–H and O–H groups in total. The molecule has 200 valence electrons. The maximum absolute atomic E-state index is 12.9. The van der Waals surface area contributed by atoms with Gasteiger partial charge >= 0.3 is 0 Å².